The summed E-state index contributed by atoms with van der Waals surface area (Å²) in [6.45, 7) is 14.5. The number of Topliss-reactive ketones (excluding diaryl/α,β-unsaturated/α-hetero) is 1. The number of rotatable bonds is 13. The van der Waals surface area contributed by atoms with Crippen LogP contribution in [0.15, 0.2) is 0 Å². The third kappa shape index (κ3) is 7.99. The summed E-state index contributed by atoms with van der Waals surface area (Å²) in [5.74, 6) is -0.965. The molecule has 0 aromatic heterocycles. The molecule has 4 aliphatic carbocycles. The summed E-state index contributed by atoms with van der Waals surface area (Å²) >= 11 is 0. The molecule has 6 aliphatic rings. The Bertz CT molecular complexity index is 1420. The summed E-state index contributed by atoms with van der Waals surface area (Å²) in [7, 11) is 0. The van der Waals surface area contributed by atoms with Crippen molar-refractivity contribution in [2.24, 2.45) is 46.3 Å². The van der Waals surface area contributed by atoms with Crippen molar-refractivity contribution >= 4 is 5.78 Å². The predicted octanol–water partition coefficient (Wildman–Crippen LogP) is 1.44. The number of ether oxygens (including phenoxy) is 6. The fraction of sp³-hybridized carbons (Fsp3) is 0.977. The van der Waals surface area contributed by atoms with E-state index in [2.05, 4.69) is 20.8 Å². The number of carbonyl (C=O) groups excluding carboxylic acids is 1. The number of aliphatic hydroxyl groups excluding tert-OH is 7. The first-order valence-corrected chi connectivity index (χ1v) is 21.7. The van der Waals surface area contributed by atoms with Crippen LogP contribution in [-0.4, -0.2) is 157 Å². The number of carbonyl (C=O) groups is 1. The van der Waals surface area contributed by atoms with Crippen molar-refractivity contribution in [2.45, 2.75) is 192 Å². The van der Waals surface area contributed by atoms with Crippen molar-refractivity contribution in [3.63, 3.8) is 0 Å². The van der Waals surface area contributed by atoms with Gasteiger partial charge in [0.25, 0.3) is 0 Å². The van der Waals surface area contributed by atoms with E-state index in [0.717, 1.165) is 0 Å². The molecule has 2 aliphatic heterocycles. The van der Waals surface area contributed by atoms with Crippen LogP contribution in [0.25, 0.3) is 0 Å². The van der Waals surface area contributed by atoms with Gasteiger partial charge in [-0.2, -0.15) is 0 Å². The molecule has 2 heterocycles. The summed E-state index contributed by atoms with van der Waals surface area (Å²) in [6.07, 6.45) is -8.50. The SMILES string of the molecule is C[C@@H]1CC(=O)C(C)(C)C2C1C1C[C@@H](O)C3C([C@]4(C)CC[C@H](C(C)(C)O)O4)CC[C@]34OCC([C@@H](C)O)OC([C@@H](CO)OC(OC(CO)[C@@H](C)O)[C@H](O)CO)O[C@H]2C[C@]14C. The Morgan fingerprint density at radius 3 is 2.17 bits per heavy atom. The maximum absolute atomic E-state index is 14.0. The van der Waals surface area contributed by atoms with E-state index in [9.17, 15) is 45.6 Å². The topological polar surface area (TPSA) is 234 Å². The number of fused-ring (bicyclic) bond motifs is 4. The fourth-order valence-corrected chi connectivity index (χ4v) is 12.8. The van der Waals surface area contributed by atoms with E-state index in [1.165, 1.54) is 6.92 Å². The summed E-state index contributed by atoms with van der Waals surface area (Å²) in [4.78, 5) is 14.0. The molecule has 2 bridgehead atoms. The molecule has 0 aromatic carbocycles. The monoisotopic (exact) mass is 831 g/mol. The van der Waals surface area contributed by atoms with Crippen molar-refractivity contribution in [1.82, 2.24) is 0 Å². The molecule has 4 saturated carbocycles. The van der Waals surface area contributed by atoms with E-state index in [1.807, 2.05) is 13.8 Å². The lowest BCUT2D eigenvalue weighted by Crippen LogP contribution is -2.72. The van der Waals surface area contributed by atoms with E-state index in [4.69, 9.17) is 28.4 Å². The second kappa shape index (κ2) is 17.0. The second-order valence-electron chi connectivity index (χ2n) is 20.5. The zero-order valence-electron chi connectivity index (χ0n) is 36.0. The van der Waals surface area contributed by atoms with E-state index >= 15 is 0 Å². The molecule has 58 heavy (non-hydrogen) atoms. The first-order valence-electron chi connectivity index (χ1n) is 21.7. The zero-order valence-corrected chi connectivity index (χ0v) is 36.0. The average molecular weight is 831 g/mol. The maximum Gasteiger partial charge on any atom is 0.186 e. The standard InChI is InChI=1S/C43H74O15/c1-21-14-32(51)39(4,5)36-28-16-41(8)25(34(21)36)15-26(49)35-24(42(9)12-11-33(58-42)40(6,7)52)10-13-43(35,41)53-20-31(23(3)48)57-38(54-28)30(19-46)56-37(27(50)17-44)55-29(18-45)22(2)47/h21-31,33-38,44-50,52H,10-20H2,1-9H3/t21-,22-,23-,24?,25?,26-,27-,28+,29?,30-,31?,33-,34?,35?,36?,37?,38?,41-,42+,43+/m1/s1. The number of ketones is 1. The molecule has 2 saturated heterocycles. The summed E-state index contributed by atoms with van der Waals surface area (Å²) < 4.78 is 39.6. The van der Waals surface area contributed by atoms with Crippen molar-refractivity contribution in [3.8, 4) is 0 Å². The Balaban J connectivity index is 1.45. The van der Waals surface area contributed by atoms with Gasteiger partial charge in [-0.05, 0) is 96.8 Å². The summed E-state index contributed by atoms with van der Waals surface area (Å²) in [6, 6.07) is 0. The van der Waals surface area contributed by atoms with Gasteiger partial charge in [0.15, 0.2) is 12.6 Å². The first kappa shape index (κ1) is 46.6. The average Bonchev–Trinajstić information content (AvgIpc) is 3.76. The van der Waals surface area contributed by atoms with Crippen LogP contribution in [0.3, 0.4) is 0 Å². The molecule has 1 spiro atoms. The van der Waals surface area contributed by atoms with E-state index in [1.54, 1.807) is 20.8 Å². The quantitative estimate of drug-likeness (QED) is 0.123. The smallest absolute Gasteiger partial charge is 0.186 e. The highest BCUT2D eigenvalue weighted by Gasteiger charge is 2.74. The molecule has 15 heteroatoms. The van der Waals surface area contributed by atoms with Gasteiger partial charge in [0, 0.05) is 29.1 Å². The van der Waals surface area contributed by atoms with Crippen molar-refractivity contribution < 1.29 is 74.1 Å². The van der Waals surface area contributed by atoms with Gasteiger partial charge in [-0.25, -0.2) is 0 Å². The van der Waals surface area contributed by atoms with Gasteiger partial charge in [-0.3, -0.25) is 4.79 Å². The Kier molecular flexibility index (Phi) is 13.7. The molecule has 15 nitrogen and oxygen atoms in total. The highest BCUT2D eigenvalue weighted by Crippen LogP contribution is 2.72. The summed E-state index contributed by atoms with van der Waals surface area (Å²) in [5, 5.41) is 86.5. The minimum absolute atomic E-state index is 0.0618. The lowest BCUT2D eigenvalue weighted by atomic mass is 9.39. The third-order valence-corrected chi connectivity index (χ3v) is 16.0. The van der Waals surface area contributed by atoms with Crippen LogP contribution in [-0.2, 0) is 33.2 Å². The normalized spacial score (nSPS) is 46.0. The van der Waals surface area contributed by atoms with E-state index < -0.39 is 109 Å². The van der Waals surface area contributed by atoms with Crippen LogP contribution in [0.1, 0.15) is 107 Å². The van der Waals surface area contributed by atoms with Crippen LogP contribution in [0.4, 0.5) is 0 Å². The largest absolute Gasteiger partial charge is 0.394 e. The highest BCUT2D eigenvalue weighted by atomic mass is 16.8. The van der Waals surface area contributed by atoms with Gasteiger partial charge in [-0.15, -0.1) is 0 Å². The molecule has 336 valence electrons. The Morgan fingerprint density at radius 2 is 1.60 bits per heavy atom. The van der Waals surface area contributed by atoms with Crippen molar-refractivity contribution in [2.75, 3.05) is 26.4 Å². The van der Waals surface area contributed by atoms with Crippen LogP contribution in [0.2, 0.25) is 0 Å². The minimum atomic E-state index is -1.66. The lowest BCUT2D eigenvalue weighted by Gasteiger charge is -2.69. The van der Waals surface area contributed by atoms with Crippen LogP contribution in [0, 0.1) is 46.3 Å². The Hall–Kier alpha value is -0.890. The van der Waals surface area contributed by atoms with Gasteiger partial charge >= 0.3 is 0 Å². The number of hydrogen-bond donors (Lipinski definition) is 8. The molecular weight excluding hydrogens is 756 g/mol. The highest BCUT2D eigenvalue weighted by molar-refractivity contribution is 5.85. The second-order valence-corrected chi connectivity index (χ2v) is 20.5. The predicted molar refractivity (Wildman–Crippen MR) is 208 cm³/mol. The van der Waals surface area contributed by atoms with Gasteiger partial charge in [0.05, 0.1) is 73.8 Å². The molecule has 0 aromatic rings. The van der Waals surface area contributed by atoms with Gasteiger partial charge in [0.1, 0.15) is 30.2 Å². The minimum Gasteiger partial charge on any atom is -0.394 e. The summed E-state index contributed by atoms with van der Waals surface area (Å²) in [5.41, 5.74) is -4.08. The van der Waals surface area contributed by atoms with Crippen molar-refractivity contribution in [3.05, 3.63) is 0 Å². The van der Waals surface area contributed by atoms with Gasteiger partial charge in [0.2, 0.25) is 0 Å². The van der Waals surface area contributed by atoms with Gasteiger partial charge < -0.3 is 69.3 Å². The molecule has 0 radical (unpaired) electrons. The lowest BCUT2D eigenvalue weighted by molar-refractivity contribution is -0.356. The third-order valence-electron chi connectivity index (χ3n) is 16.0. The van der Waals surface area contributed by atoms with Crippen LogP contribution in [0.5, 0.6) is 0 Å². The maximum atomic E-state index is 14.0. The molecule has 9 unspecified atom stereocenters. The Morgan fingerprint density at radius 1 is 0.914 bits per heavy atom. The van der Waals surface area contributed by atoms with Crippen molar-refractivity contribution in [1.29, 1.82) is 0 Å². The fourth-order valence-electron chi connectivity index (χ4n) is 12.8. The molecular formula is C43H74O15. The molecule has 0 amide bonds. The molecule has 8 N–H and O–H groups in total. The molecule has 6 fully saturated rings. The van der Waals surface area contributed by atoms with E-state index in [-0.39, 0.29) is 54.0 Å². The number of aliphatic hydroxyl groups is 8. The number of hydrogen-bond acceptors (Lipinski definition) is 15. The Labute approximate surface area is 343 Å². The van der Waals surface area contributed by atoms with E-state index in [0.29, 0.717) is 44.9 Å². The van der Waals surface area contributed by atoms with Crippen LogP contribution < -0.4 is 0 Å². The zero-order chi connectivity index (χ0) is 42.9. The van der Waals surface area contributed by atoms with Gasteiger partial charge in [-0.1, -0.05) is 27.7 Å². The first-order chi connectivity index (χ1) is 27.0. The molecule has 20 atom stereocenters. The van der Waals surface area contributed by atoms with Crippen LogP contribution >= 0.6 is 0 Å². The molecule has 6 rings (SSSR count).